The zero-order valence-corrected chi connectivity index (χ0v) is 27.6. The molecule has 3 fully saturated rings. The van der Waals surface area contributed by atoms with Crippen LogP contribution in [-0.4, -0.2) is 96.2 Å². The molecular weight excluding hydrogens is 614 g/mol. The summed E-state index contributed by atoms with van der Waals surface area (Å²) in [5.41, 5.74) is 0.556. The van der Waals surface area contributed by atoms with Gasteiger partial charge >= 0.3 is 6.09 Å². The molecule has 48 heavy (non-hydrogen) atoms. The van der Waals surface area contributed by atoms with Gasteiger partial charge in [-0.1, -0.05) is 44.1 Å². The lowest BCUT2D eigenvalue weighted by Crippen LogP contribution is -2.75. The maximum Gasteiger partial charge on any atom is 0.407 e. The molecule has 3 aliphatic rings. The third-order valence-electron chi connectivity index (χ3n) is 9.76. The Bertz CT molecular complexity index is 1430. The van der Waals surface area contributed by atoms with E-state index in [1.807, 2.05) is 24.3 Å². The average molecular weight is 662 g/mol. The number of hydrogen-bond acceptors (Lipinski definition) is 8. The molecule has 2 aliphatic heterocycles. The first-order chi connectivity index (χ1) is 23.2. The maximum absolute atomic E-state index is 14.0. The molecule has 0 unspecified atom stereocenters. The van der Waals surface area contributed by atoms with Gasteiger partial charge in [0.2, 0.25) is 11.8 Å². The molecule has 258 valence electrons. The summed E-state index contributed by atoms with van der Waals surface area (Å²) in [7, 11) is 1.59. The fourth-order valence-electron chi connectivity index (χ4n) is 7.05. The second-order valence-electron chi connectivity index (χ2n) is 12.8. The van der Waals surface area contributed by atoms with E-state index in [0.29, 0.717) is 49.5 Å². The topological polar surface area (TPSA) is 150 Å². The predicted molar refractivity (Wildman–Crippen MR) is 179 cm³/mol. The highest BCUT2D eigenvalue weighted by Gasteiger charge is 2.55. The molecule has 5 rings (SSSR count). The second kappa shape index (κ2) is 16.1. The van der Waals surface area contributed by atoms with Crippen LogP contribution in [0.4, 0.5) is 4.79 Å². The van der Waals surface area contributed by atoms with Crippen LogP contribution in [0.25, 0.3) is 0 Å². The van der Waals surface area contributed by atoms with E-state index in [9.17, 15) is 24.3 Å². The molecule has 0 radical (unpaired) electrons. The van der Waals surface area contributed by atoms with Crippen LogP contribution in [0.3, 0.4) is 0 Å². The van der Waals surface area contributed by atoms with Crippen LogP contribution in [0.15, 0.2) is 61.2 Å². The van der Waals surface area contributed by atoms with Crippen molar-refractivity contribution in [3.05, 3.63) is 72.3 Å². The van der Waals surface area contributed by atoms with Crippen molar-refractivity contribution in [1.82, 2.24) is 25.8 Å². The largest absolute Gasteiger partial charge is 0.457 e. The van der Waals surface area contributed by atoms with E-state index in [4.69, 9.17) is 9.47 Å². The molecular formula is C36H47N5O7. The lowest BCUT2D eigenvalue weighted by atomic mass is 9.78. The molecule has 1 saturated carbocycles. The number of aliphatic hydroxyl groups is 1. The summed E-state index contributed by atoms with van der Waals surface area (Å²) in [5, 5.41) is 19.4. The van der Waals surface area contributed by atoms with Crippen molar-refractivity contribution in [1.29, 1.82) is 0 Å². The minimum Gasteiger partial charge on any atom is -0.457 e. The first-order valence-corrected chi connectivity index (χ1v) is 16.9. The zero-order chi connectivity index (χ0) is 34.1. The van der Waals surface area contributed by atoms with Gasteiger partial charge in [-0.25, -0.2) is 4.79 Å². The molecule has 12 heteroatoms. The number of carbonyl (C=O) groups is 4. The van der Waals surface area contributed by atoms with Gasteiger partial charge in [-0.2, -0.15) is 0 Å². The molecule has 1 spiro atoms. The van der Waals surface area contributed by atoms with Crippen LogP contribution in [0.5, 0.6) is 11.5 Å². The van der Waals surface area contributed by atoms with Crippen LogP contribution in [0.1, 0.15) is 60.9 Å². The third kappa shape index (κ3) is 8.16. The summed E-state index contributed by atoms with van der Waals surface area (Å²) in [5.74, 6) is 0.545. The van der Waals surface area contributed by atoms with Gasteiger partial charge in [-0.05, 0) is 73.6 Å². The second-order valence-corrected chi connectivity index (χ2v) is 12.8. The number of likely N-dealkylation sites (tertiary alicyclic amines) is 1. The number of alkyl carbamates (subject to hydrolysis) is 1. The highest BCUT2D eigenvalue weighted by atomic mass is 16.5. The first kappa shape index (κ1) is 34.9. The average Bonchev–Trinajstić information content (AvgIpc) is 3.12. The Morgan fingerprint density at radius 2 is 1.69 bits per heavy atom. The van der Waals surface area contributed by atoms with Gasteiger partial charge in [0.05, 0.1) is 6.10 Å². The standard InChI is InChI=1S/C36H47N5O7/c1-3-23-47-35(46)38-19-22-41-33(44)30(31(42)26-7-5-4-6-8-26)39-34(45)36(41)17-20-40(21-18-36)24-25-9-13-28(14-10-25)48-29-15-11-27(12-16-29)32(43)37-2/h3,9-16,26,30-31,42H,1,4-8,17-24H2,2H3,(H,37,43)(H,38,46)(H,39,45)/t30-,31-/m1/s1. The summed E-state index contributed by atoms with van der Waals surface area (Å²) in [6.07, 6.45) is 5.51. The highest BCUT2D eigenvalue weighted by molar-refractivity contribution is 6.00. The predicted octanol–water partition coefficient (Wildman–Crippen LogP) is 3.35. The Kier molecular flexibility index (Phi) is 11.7. The minimum absolute atomic E-state index is 0.0379. The number of carbonyl (C=O) groups excluding carboxylic acids is 4. The van der Waals surface area contributed by atoms with Gasteiger partial charge in [0.25, 0.3) is 5.91 Å². The van der Waals surface area contributed by atoms with Gasteiger partial charge in [0.15, 0.2) is 0 Å². The van der Waals surface area contributed by atoms with E-state index in [0.717, 1.165) is 37.7 Å². The molecule has 0 bridgehead atoms. The van der Waals surface area contributed by atoms with Crippen LogP contribution in [0.2, 0.25) is 0 Å². The normalized spacial score (nSPS) is 20.5. The van der Waals surface area contributed by atoms with Crippen molar-refractivity contribution in [2.75, 3.05) is 39.8 Å². The van der Waals surface area contributed by atoms with Crippen molar-refractivity contribution in [2.45, 2.75) is 69.2 Å². The molecule has 4 N–H and O–H groups in total. The molecule has 12 nitrogen and oxygen atoms in total. The van der Waals surface area contributed by atoms with Gasteiger partial charge in [0, 0.05) is 45.3 Å². The van der Waals surface area contributed by atoms with Gasteiger partial charge in [-0.3, -0.25) is 19.3 Å². The fourth-order valence-corrected chi connectivity index (χ4v) is 7.05. The first-order valence-electron chi connectivity index (χ1n) is 16.9. The summed E-state index contributed by atoms with van der Waals surface area (Å²) < 4.78 is 11.0. The Morgan fingerprint density at radius 3 is 2.31 bits per heavy atom. The number of nitrogens with zero attached hydrogens (tertiary/aromatic N) is 2. The van der Waals surface area contributed by atoms with E-state index in [1.54, 1.807) is 36.2 Å². The number of piperazine rings is 1. The van der Waals surface area contributed by atoms with Crippen molar-refractivity contribution < 1.29 is 33.8 Å². The van der Waals surface area contributed by atoms with Gasteiger partial charge in [-0.15, -0.1) is 0 Å². The Hall–Kier alpha value is -4.42. The van der Waals surface area contributed by atoms with Crippen LogP contribution < -0.4 is 20.7 Å². The van der Waals surface area contributed by atoms with Gasteiger partial charge < -0.3 is 35.4 Å². The number of benzene rings is 2. The fraction of sp³-hybridized carbons (Fsp3) is 0.500. The summed E-state index contributed by atoms with van der Waals surface area (Å²) in [6, 6.07) is 13.7. The number of amides is 4. The van der Waals surface area contributed by atoms with Crippen molar-refractivity contribution in [2.24, 2.45) is 5.92 Å². The van der Waals surface area contributed by atoms with E-state index < -0.39 is 23.8 Å². The summed E-state index contributed by atoms with van der Waals surface area (Å²) in [4.78, 5) is 55.6. The molecule has 4 amide bonds. The minimum atomic E-state index is -1.08. The monoisotopic (exact) mass is 661 g/mol. The van der Waals surface area contributed by atoms with Crippen LogP contribution in [-0.2, 0) is 20.9 Å². The number of ether oxygens (including phenoxy) is 2. The Balaban J connectivity index is 1.21. The molecule has 1 aliphatic carbocycles. The Morgan fingerprint density at radius 1 is 1.04 bits per heavy atom. The lowest BCUT2D eigenvalue weighted by molar-refractivity contribution is -0.165. The van der Waals surface area contributed by atoms with Crippen molar-refractivity contribution in [3.8, 4) is 11.5 Å². The molecule has 2 saturated heterocycles. The number of hydrogen-bond donors (Lipinski definition) is 4. The Labute approximate surface area is 281 Å². The molecule has 2 atom stereocenters. The number of piperidine rings is 1. The summed E-state index contributed by atoms with van der Waals surface area (Å²) in [6.45, 7) is 5.66. The summed E-state index contributed by atoms with van der Waals surface area (Å²) >= 11 is 0. The number of nitrogens with one attached hydrogen (secondary N) is 3. The van der Waals surface area contributed by atoms with Crippen LogP contribution >= 0.6 is 0 Å². The van der Waals surface area contributed by atoms with Crippen molar-refractivity contribution in [3.63, 3.8) is 0 Å². The molecule has 2 aromatic rings. The van der Waals surface area contributed by atoms with Crippen molar-refractivity contribution >= 4 is 23.8 Å². The van der Waals surface area contributed by atoms with E-state index >= 15 is 0 Å². The quantitative estimate of drug-likeness (QED) is 0.253. The molecule has 2 heterocycles. The molecule has 2 aromatic carbocycles. The van der Waals surface area contributed by atoms with E-state index in [-0.39, 0.29) is 43.3 Å². The zero-order valence-electron chi connectivity index (χ0n) is 27.6. The highest BCUT2D eigenvalue weighted by Crippen LogP contribution is 2.36. The third-order valence-corrected chi connectivity index (χ3v) is 9.76. The maximum atomic E-state index is 14.0. The van der Waals surface area contributed by atoms with E-state index in [1.165, 1.54) is 6.08 Å². The molecule has 0 aromatic heterocycles. The number of aliphatic hydroxyl groups excluding tert-OH is 1. The van der Waals surface area contributed by atoms with E-state index in [2.05, 4.69) is 27.4 Å². The SMILES string of the molecule is C=CCOC(=O)NCCN1C(=O)[C@@H]([C@H](O)C2CCCCC2)NC(=O)C12CCN(Cc1ccc(Oc3ccc(C(=O)NC)cc3)cc1)CC2. The number of rotatable bonds is 12. The lowest BCUT2D eigenvalue weighted by Gasteiger charge is -2.52. The van der Waals surface area contributed by atoms with Gasteiger partial charge in [0.1, 0.15) is 29.7 Å². The van der Waals surface area contributed by atoms with Crippen LogP contribution in [0, 0.1) is 5.92 Å². The smallest absolute Gasteiger partial charge is 0.407 e.